The van der Waals surface area contributed by atoms with E-state index >= 15 is 0 Å². The third kappa shape index (κ3) is 4.16. The first-order chi connectivity index (χ1) is 14.8. The Balaban J connectivity index is 1.52. The molecule has 0 radical (unpaired) electrons. The molecule has 2 N–H and O–H groups in total. The molecule has 0 amide bonds. The molecule has 0 bridgehead atoms. The van der Waals surface area contributed by atoms with E-state index < -0.39 is 0 Å². The summed E-state index contributed by atoms with van der Waals surface area (Å²) in [5.74, 6) is 2.05. The second kappa shape index (κ2) is 8.68. The van der Waals surface area contributed by atoms with Crippen LogP contribution in [-0.4, -0.2) is 28.0 Å². The van der Waals surface area contributed by atoms with E-state index in [1.165, 1.54) is 6.20 Å². The van der Waals surface area contributed by atoms with Gasteiger partial charge in [0, 0.05) is 30.2 Å². The van der Waals surface area contributed by atoms with Crippen molar-refractivity contribution in [1.29, 1.82) is 10.5 Å². The molecule has 0 atom stereocenters. The van der Waals surface area contributed by atoms with E-state index in [1.807, 2.05) is 36.4 Å². The Hall–Kier alpha value is -4.49. The lowest BCUT2D eigenvalue weighted by molar-refractivity contribution is 1.04. The van der Waals surface area contributed by atoms with Crippen LogP contribution in [0.2, 0.25) is 0 Å². The zero-order valence-electron chi connectivity index (χ0n) is 16.0. The molecule has 7 heteroatoms. The Labute approximate surface area is 173 Å². The van der Waals surface area contributed by atoms with Crippen LogP contribution in [-0.2, 0) is 0 Å². The molecule has 7 nitrogen and oxygen atoms in total. The fourth-order valence-electron chi connectivity index (χ4n) is 2.97. The van der Waals surface area contributed by atoms with Gasteiger partial charge in [-0.2, -0.15) is 10.5 Å². The Morgan fingerprint density at radius 2 is 1.50 bits per heavy atom. The minimum Gasteiger partial charge on any atom is -0.368 e. The van der Waals surface area contributed by atoms with Crippen molar-refractivity contribution in [1.82, 2.24) is 15.0 Å². The number of pyridine rings is 1. The summed E-state index contributed by atoms with van der Waals surface area (Å²) in [6.45, 7) is 1.25. The third-order valence-corrected chi connectivity index (χ3v) is 4.49. The molecule has 0 saturated heterocycles. The fourth-order valence-corrected chi connectivity index (χ4v) is 2.97. The number of nitrogens with one attached hydrogen (secondary N) is 2. The first-order valence-electron chi connectivity index (χ1n) is 9.38. The molecule has 0 fully saturated rings. The first kappa shape index (κ1) is 18.9. The number of nitriles is 2. The number of benzene rings is 2. The van der Waals surface area contributed by atoms with Gasteiger partial charge in [0.1, 0.15) is 17.7 Å². The number of anilines is 2. The van der Waals surface area contributed by atoms with E-state index in [0.29, 0.717) is 35.9 Å². The van der Waals surface area contributed by atoms with Crippen LogP contribution < -0.4 is 10.6 Å². The standard InChI is InChI=1S/C23H17N7/c24-13-16-5-8-18(9-6-16)22-29-20-4-2-1-3-19(20)23(30-22)27-12-11-26-21-10-7-17(14-25)15-28-21/h1-10,15H,11-12H2,(H,26,28)(H,27,29,30). The molecule has 2 aromatic carbocycles. The van der Waals surface area contributed by atoms with E-state index in [9.17, 15) is 0 Å². The van der Waals surface area contributed by atoms with E-state index in [-0.39, 0.29) is 0 Å². The first-order valence-corrected chi connectivity index (χ1v) is 9.38. The molecule has 4 aromatic rings. The molecule has 30 heavy (non-hydrogen) atoms. The molecule has 0 aliphatic carbocycles. The van der Waals surface area contributed by atoms with Gasteiger partial charge in [-0.15, -0.1) is 0 Å². The quantitative estimate of drug-likeness (QED) is 0.479. The molecule has 0 aliphatic heterocycles. The van der Waals surface area contributed by atoms with Crippen molar-refractivity contribution in [3.63, 3.8) is 0 Å². The molecule has 4 rings (SSSR count). The monoisotopic (exact) mass is 391 g/mol. The van der Waals surface area contributed by atoms with Gasteiger partial charge >= 0.3 is 0 Å². The highest BCUT2D eigenvalue weighted by Crippen LogP contribution is 2.25. The molecular formula is C23H17N7. The van der Waals surface area contributed by atoms with Gasteiger partial charge in [0.05, 0.1) is 22.7 Å². The van der Waals surface area contributed by atoms with Crippen molar-refractivity contribution < 1.29 is 0 Å². The van der Waals surface area contributed by atoms with Gasteiger partial charge in [-0.1, -0.05) is 12.1 Å². The highest BCUT2D eigenvalue weighted by Gasteiger charge is 2.09. The molecule has 0 spiro atoms. The summed E-state index contributed by atoms with van der Waals surface area (Å²) in [4.78, 5) is 13.6. The smallest absolute Gasteiger partial charge is 0.162 e. The molecule has 0 aliphatic rings. The van der Waals surface area contributed by atoms with Crippen LogP contribution in [0.4, 0.5) is 11.6 Å². The van der Waals surface area contributed by atoms with E-state index in [0.717, 1.165) is 22.3 Å². The number of nitrogens with zero attached hydrogens (tertiary/aromatic N) is 5. The maximum absolute atomic E-state index is 9.00. The summed E-state index contributed by atoms with van der Waals surface area (Å²) in [6, 6.07) is 22.7. The predicted octanol–water partition coefficient (Wildman–Crippen LogP) is 3.96. The van der Waals surface area contributed by atoms with Crippen LogP contribution >= 0.6 is 0 Å². The summed E-state index contributed by atoms with van der Waals surface area (Å²) in [5, 5.41) is 25.4. The second-order valence-corrected chi connectivity index (χ2v) is 6.50. The molecular weight excluding hydrogens is 374 g/mol. The molecule has 0 saturated carbocycles. The Bertz CT molecular complexity index is 1250. The fraction of sp³-hybridized carbons (Fsp3) is 0.0870. The second-order valence-electron chi connectivity index (χ2n) is 6.50. The van der Waals surface area contributed by atoms with Crippen LogP contribution in [0.15, 0.2) is 66.9 Å². The number of para-hydroxylation sites is 1. The van der Waals surface area contributed by atoms with Crippen LogP contribution in [0.1, 0.15) is 11.1 Å². The SMILES string of the molecule is N#Cc1ccc(-c2nc(NCCNc3ccc(C#N)cn3)c3ccccc3n2)cc1. The maximum Gasteiger partial charge on any atom is 0.162 e. The number of aromatic nitrogens is 3. The van der Waals surface area contributed by atoms with Crippen LogP contribution in [0, 0.1) is 22.7 Å². The van der Waals surface area contributed by atoms with E-state index in [4.69, 9.17) is 15.5 Å². The van der Waals surface area contributed by atoms with E-state index in [2.05, 4.69) is 32.7 Å². The summed E-state index contributed by atoms with van der Waals surface area (Å²) in [6.07, 6.45) is 1.54. The van der Waals surface area contributed by atoms with Gasteiger partial charge < -0.3 is 10.6 Å². The van der Waals surface area contributed by atoms with Gasteiger partial charge in [0.2, 0.25) is 0 Å². The lowest BCUT2D eigenvalue weighted by Crippen LogP contribution is -2.15. The normalized spacial score (nSPS) is 10.2. The summed E-state index contributed by atoms with van der Waals surface area (Å²) < 4.78 is 0. The van der Waals surface area contributed by atoms with Gasteiger partial charge in [-0.25, -0.2) is 15.0 Å². The van der Waals surface area contributed by atoms with Crippen molar-refractivity contribution in [2.45, 2.75) is 0 Å². The third-order valence-electron chi connectivity index (χ3n) is 4.49. The number of hydrogen-bond acceptors (Lipinski definition) is 7. The highest BCUT2D eigenvalue weighted by molar-refractivity contribution is 5.90. The van der Waals surface area contributed by atoms with Crippen LogP contribution in [0.3, 0.4) is 0 Å². The molecule has 144 valence electrons. The number of rotatable bonds is 6. The minimum atomic E-state index is 0.529. The number of hydrogen-bond donors (Lipinski definition) is 2. The van der Waals surface area contributed by atoms with Gasteiger partial charge in [-0.3, -0.25) is 0 Å². The van der Waals surface area contributed by atoms with Crippen molar-refractivity contribution in [2.24, 2.45) is 0 Å². The van der Waals surface area contributed by atoms with Crippen molar-refractivity contribution in [2.75, 3.05) is 23.7 Å². The van der Waals surface area contributed by atoms with Crippen LogP contribution in [0.25, 0.3) is 22.3 Å². The average Bonchev–Trinajstić information content (AvgIpc) is 2.82. The van der Waals surface area contributed by atoms with Gasteiger partial charge in [-0.05, 0) is 48.5 Å². The van der Waals surface area contributed by atoms with Gasteiger partial charge in [0.15, 0.2) is 5.82 Å². The molecule has 2 heterocycles. The Kier molecular flexibility index (Phi) is 5.45. The largest absolute Gasteiger partial charge is 0.368 e. The number of fused-ring (bicyclic) bond motifs is 1. The lowest BCUT2D eigenvalue weighted by atomic mass is 10.1. The van der Waals surface area contributed by atoms with Crippen molar-refractivity contribution >= 4 is 22.5 Å². The minimum absolute atomic E-state index is 0.529. The van der Waals surface area contributed by atoms with E-state index in [1.54, 1.807) is 24.3 Å². The molecule has 2 aromatic heterocycles. The summed E-state index contributed by atoms with van der Waals surface area (Å²) >= 11 is 0. The zero-order valence-corrected chi connectivity index (χ0v) is 16.0. The Morgan fingerprint density at radius 3 is 2.23 bits per heavy atom. The lowest BCUT2D eigenvalue weighted by Gasteiger charge is -2.12. The van der Waals surface area contributed by atoms with Crippen molar-refractivity contribution in [3.8, 4) is 23.5 Å². The highest BCUT2D eigenvalue weighted by atomic mass is 15.1. The maximum atomic E-state index is 9.00. The average molecular weight is 391 g/mol. The predicted molar refractivity (Wildman–Crippen MR) is 116 cm³/mol. The van der Waals surface area contributed by atoms with Gasteiger partial charge in [0.25, 0.3) is 0 Å². The zero-order chi connectivity index (χ0) is 20.8. The molecule has 0 unspecified atom stereocenters. The topological polar surface area (TPSA) is 110 Å². The Morgan fingerprint density at radius 1 is 0.767 bits per heavy atom. The summed E-state index contributed by atoms with van der Waals surface area (Å²) in [5.41, 5.74) is 2.82. The van der Waals surface area contributed by atoms with Crippen LogP contribution in [0.5, 0.6) is 0 Å². The summed E-state index contributed by atoms with van der Waals surface area (Å²) in [7, 11) is 0. The van der Waals surface area contributed by atoms with Crippen molar-refractivity contribution in [3.05, 3.63) is 78.0 Å².